The number of aliphatic hydroxyl groups is 1. The molecule has 19 heavy (non-hydrogen) atoms. The minimum Gasteiger partial charge on any atom is -0.454 e. The second-order valence-corrected chi connectivity index (χ2v) is 5.05. The highest BCUT2D eigenvalue weighted by atomic mass is 16.7. The third-order valence-corrected chi connectivity index (χ3v) is 3.97. The van der Waals surface area contributed by atoms with Crippen LogP contribution in [0.15, 0.2) is 24.3 Å². The Kier molecular flexibility index (Phi) is 2.14. The predicted octanol–water partition coefficient (Wildman–Crippen LogP) is 0.932. The van der Waals surface area contributed by atoms with Gasteiger partial charge in [0.1, 0.15) is 0 Å². The molecule has 1 aromatic rings. The molecule has 2 aliphatic heterocycles. The van der Waals surface area contributed by atoms with Gasteiger partial charge >= 0.3 is 0 Å². The maximum atomic E-state index is 12.1. The van der Waals surface area contributed by atoms with E-state index in [2.05, 4.69) is 5.32 Å². The number of rotatable bonds is 0. The summed E-state index contributed by atoms with van der Waals surface area (Å²) < 4.78 is 10.7. The molecule has 5 heteroatoms. The van der Waals surface area contributed by atoms with Crippen LogP contribution in [-0.2, 0) is 0 Å². The van der Waals surface area contributed by atoms with Gasteiger partial charge in [0.2, 0.25) is 6.79 Å². The molecule has 1 aromatic carbocycles. The third kappa shape index (κ3) is 1.48. The molecule has 4 rings (SSSR count). The first-order valence-electron chi connectivity index (χ1n) is 6.33. The maximum Gasteiger partial charge on any atom is 0.252 e. The van der Waals surface area contributed by atoms with Crippen molar-refractivity contribution in [2.75, 3.05) is 6.79 Å². The van der Waals surface area contributed by atoms with Gasteiger partial charge in [0.15, 0.2) is 11.5 Å². The summed E-state index contributed by atoms with van der Waals surface area (Å²) in [4.78, 5) is 12.1. The standard InChI is InChI=1S/C14H13NO4/c16-10-3-1-2-7-8-4-11-12(19-6-18-11)5-9(8)14(17)15-13(7)10/h1-2,4-5,7,10,13,16H,3,6H2,(H,15,17)/t7-,10-,13+/m1/s1. The molecule has 0 spiro atoms. The quantitative estimate of drug-likeness (QED) is 0.680. The number of fused-ring (bicyclic) bond motifs is 4. The van der Waals surface area contributed by atoms with Crippen LogP contribution in [0.5, 0.6) is 11.5 Å². The summed E-state index contributed by atoms with van der Waals surface area (Å²) in [5.74, 6) is 1.10. The monoisotopic (exact) mass is 259 g/mol. The van der Waals surface area contributed by atoms with Crippen LogP contribution in [0.4, 0.5) is 0 Å². The second-order valence-electron chi connectivity index (χ2n) is 5.05. The highest BCUT2D eigenvalue weighted by molar-refractivity contribution is 5.98. The normalized spacial score (nSPS) is 30.6. The molecule has 98 valence electrons. The molecule has 2 N–H and O–H groups in total. The van der Waals surface area contributed by atoms with E-state index in [1.807, 2.05) is 18.2 Å². The number of ether oxygens (including phenoxy) is 2. The molecule has 0 bridgehead atoms. The Balaban J connectivity index is 1.88. The lowest BCUT2D eigenvalue weighted by molar-refractivity contribution is 0.0771. The topological polar surface area (TPSA) is 67.8 Å². The Labute approximate surface area is 109 Å². The van der Waals surface area contributed by atoms with E-state index in [4.69, 9.17) is 9.47 Å². The van der Waals surface area contributed by atoms with Gasteiger partial charge < -0.3 is 19.9 Å². The fraction of sp³-hybridized carbons (Fsp3) is 0.357. The summed E-state index contributed by atoms with van der Waals surface area (Å²) in [6, 6.07) is 3.32. The van der Waals surface area contributed by atoms with Gasteiger partial charge in [0.05, 0.1) is 12.1 Å². The van der Waals surface area contributed by atoms with E-state index in [0.717, 1.165) is 5.56 Å². The Morgan fingerprint density at radius 1 is 1.26 bits per heavy atom. The summed E-state index contributed by atoms with van der Waals surface area (Å²) in [6.07, 6.45) is 4.02. The molecule has 1 aliphatic carbocycles. The van der Waals surface area contributed by atoms with E-state index >= 15 is 0 Å². The van der Waals surface area contributed by atoms with Gasteiger partial charge in [-0.15, -0.1) is 0 Å². The summed E-state index contributed by atoms with van der Waals surface area (Å²) in [6.45, 7) is 0.187. The van der Waals surface area contributed by atoms with Gasteiger partial charge in [0, 0.05) is 11.5 Å². The lowest BCUT2D eigenvalue weighted by Gasteiger charge is -2.37. The predicted molar refractivity (Wildman–Crippen MR) is 66.3 cm³/mol. The zero-order valence-electron chi connectivity index (χ0n) is 10.1. The lowest BCUT2D eigenvalue weighted by atomic mass is 9.78. The zero-order valence-corrected chi connectivity index (χ0v) is 10.1. The van der Waals surface area contributed by atoms with Gasteiger partial charge in [-0.05, 0) is 24.1 Å². The van der Waals surface area contributed by atoms with Crippen molar-refractivity contribution in [3.8, 4) is 11.5 Å². The number of carbonyl (C=O) groups is 1. The van der Waals surface area contributed by atoms with Crippen molar-refractivity contribution in [2.24, 2.45) is 0 Å². The molecule has 3 aliphatic rings. The van der Waals surface area contributed by atoms with Gasteiger partial charge in [-0.1, -0.05) is 12.2 Å². The average Bonchev–Trinajstić information content (AvgIpc) is 2.86. The molecule has 0 aromatic heterocycles. The molecule has 0 fully saturated rings. The minimum absolute atomic E-state index is 0.00838. The van der Waals surface area contributed by atoms with E-state index in [1.165, 1.54) is 0 Å². The van der Waals surface area contributed by atoms with E-state index in [1.54, 1.807) is 6.07 Å². The number of amides is 1. The minimum atomic E-state index is -0.544. The first-order chi connectivity index (χ1) is 9.24. The summed E-state index contributed by atoms with van der Waals surface area (Å²) in [5.41, 5.74) is 1.50. The number of hydrogen-bond donors (Lipinski definition) is 2. The lowest BCUT2D eigenvalue weighted by Crippen LogP contribution is -2.51. The first-order valence-corrected chi connectivity index (χ1v) is 6.33. The van der Waals surface area contributed by atoms with Crippen molar-refractivity contribution in [2.45, 2.75) is 24.5 Å². The van der Waals surface area contributed by atoms with Gasteiger partial charge in [0.25, 0.3) is 5.91 Å². The van der Waals surface area contributed by atoms with Crippen LogP contribution in [0.3, 0.4) is 0 Å². The first kappa shape index (κ1) is 10.9. The highest BCUT2D eigenvalue weighted by Crippen LogP contribution is 2.41. The van der Waals surface area contributed by atoms with Crippen molar-refractivity contribution in [3.63, 3.8) is 0 Å². The van der Waals surface area contributed by atoms with Crippen LogP contribution in [0.25, 0.3) is 0 Å². The van der Waals surface area contributed by atoms with Crippen LogP contribution in [-0.4, -0.2) is 30.0 Å². The number of carbonyl (C=O) groups excluding carboxylic acids is 1. The number of nitrogens with one attached hydrogen (secondary N) is 1. The number of hydrogen-bond acceptors (Lipinski definition) is 4. The Morgan fingerprint density at radius 3 is 2.89 bits per heavy atom. The van der Waals surface area contributed by atoms with Gasteiger partial charge in [-0.25, -0.2) is 0 Å². The maximum absolute atomic E-state index is 12.1. The molecular weight excluding hydrogens is 246 g/mol. The van der Waals surface area contributed by atoms with E-state index in [0.29, 0.717) is 23.5 Å². The van der Waals surface area contributed by atoms with Crippen LogP contribution in [0.2, 0.25) is 0 Å². The Hall–Kier alpha value is -2.01. The van der Waals surface area contributed by atoms with Crippen molar-refractivity contribution >= 4 is 5.91 Å². The summed E-state index contributed by atoms with van der Waals surface area (Å²) in [7, 11) is 0. The average molecular weight is 259 g/mol. The zero-order chi connectivity index (χ0) is 13.0. The largest absolute Gasteiger partial charge is 0.454 e. The van der Waals surface area contributed by atoms with Crippen molar-refractivity contribution in [3.05, 3.63) is 35.4 Å². The molecule has 0 saturated carbocycles. The van der Waals surface area contributed by atoms with Gasteiger partial charge in [-0.3, -0.25) is 4.79 Å². The molecule has 2 heterocycles. The van der Waals surface area contributed by atoms with E-state index in [9.17, 15) is 9.90 Å². The third-order valence-electron chi connectivity index (χ3n) is 3.97. The van der Waals surface area contributed by atoms with Crippen LogP contribution in [0, 0.1) is 0 Å². The highest BCUT2D eigenvalue weighted by Gasteiger charge is 2.39. The molecule has 0 radical (unpaired) electrons. The molecule has 5 nitrogen and oxygen atoms in total. The Morgan fingerprint density at radius 2 is 2.05 bits per heavy atom. The van der Waals surface area contributed by atoms with Crippen molar-refractivity contribution < 1.29 is 19.4 Å². The molecule has 0 unspecified atom stereocenters. The fourth-order valence-electron chi connectivity index (χ4n) is 3.01. The summed E-state index contributed by atoms with van der Waals surface area (Å²) >= 11 is 0. The molecule has 1 amide bonds. The molecule has 3 atom stereocenters. The van der Waals surface area contributed by atoms with Crippen LogP contribution in [0.1, 0.15) is 28.3 Å². The summed E-state index contributed by atoms with van der Waals surface area (Å²) in [5, 5.41) is 12.9. The van der Waals surface area contributed by atoms with Crippen LogP contribution >= 0.6 is 0 Å². The second kappa shape index (κ2) is 3.74. The Bertz CT molecular complexity index is 595. The van der Waals surface area contributed by atoms with E-state index in [-0.39, 0.29) is 24.7 Å². The number of aliphatic hydroxyl groups excluding tert-OH is 1. The molecular formula is C14H13NO4. The SMILES string of the molecule is O=C1N[C@@H]2[C@H](O)CC=C[C@@H]2c2cc3c(cc21)OCO3. The smallest absolute Gasteiger partial charge is 0.252 e. The number of benzene rings is 1. The van der Waals surface area contributed by atoms with Crippen LogP contribution < -0.4 is 14.8 Å². The molecule has 0 saturated heterocycles. The van der Waals surface area contributed by atoms with Gasteiger partial charge in [-0.2, -0.15) is 0 Å². The van der Waals surface area contributed by atoms with Crippen molar-refractivity contribution in [1.82, 2.24) is 5.32 Å². The van der Waals surface area contributed by atoms with Crippen molar-refractivity contribution in [1.29, 1.82) is 0 Å². The fourth-order valence-corrected chi connectivity index (χ4v) is 3.01. The van der Waals surface area contributed by atoms with E-state index < -0.39 is 6.10 Å².